The Kier molecular flexibility index (Phi) is 7.52. The van der Waals surface area contributed by atoms with E-state index in [1.165, 1.54) is 0 Å². The number of amides is 1. The van der Waals surface area contributed by atoms with Crippen molar-refractivity contribution in [1.82, 2.24) is 14.9 Å². The van der Waals surface area contributed by atoms with Gasteiger partial charge in [-0.1, -0.05) is 30.3 Å². The first kappa shape index (κ1) is 26.3. The van der Waals surface area contributed by atoms with Crippen LogP contribution in [0.15, 0.2) is 79.0 Å². The van der Waals surface area contributed by atoms with Crippen LogP contribution in [0.4, 0.5) is 0 Å². The number of carbonyl (C=O) groups excluding carboxylic acids is 1. The van der Waals surface area contributed by atoms with E-state index in [2.05, 4.69) is 42.1 Å². The molecule has 2 aromatic heterocycles. The van der Waals surface area contributed by atoms with E-state index in [4.69, 9.17) is 14.5 Å². The molecule has 0 spiro atoms. The highest BCUT2D eigenvalue weighted by Crippen LogP contribution is 2.30. The third-order valence-electron chi connectivity index (χ3n) is 7.03. The minimum atomic E-state index is -0.474. The molecule has 0 fully saturated rings. The van der Waals surface area contributed by atoms with Crippen molar-refractivity contribution < 1.29 is 19.4 Å². The molecule has 0 bridgehead atoms. The lowest BCUT2D eigenvalue weighted by Crippen LogP contribution is -2.39. The lowest BCUT2D eigenvalue weighted by molar-refractivity contribution is 0.0918. The van der Waals surface area contributed by atoms with E-state index in [1.54, 1.807) is 20.3 Å². The van der Waals surface area contributed by atoms with Crippen molar-refractivity contribution in [3.63, 3.8) is 0 Å². The van der Waals surface area contributed by atoms with Gasteiger partial charge in [-0.25, -0.2) is 4.98 Å². The Morgan fingerprint density at radius 1 is 0.949 bits per heavy atom. The summed E-state index contributed by atoms with van der Waals surface area (Å²) in [6.45, 7) is 4.09. The molecule has 0 saturated carbocycles. The minimum Gasteiger partial charge on any atom is -0.497 e. The van der Waals surface area contributed by atoms with Gasteiger partial charge in [-0.05, 0) is 68.3 Å². The predicted octanol–water partition coefficient (Wildman–Crippen LogP) is 5.79. The fourth-order valence-corrected chi connectivity index (χ4v) is 5.01. The second-order valence-electron chi connectivity index (χ2n) is 9.90. The van der Waals surface area contributed by atoms with Crippen molar-refractivity contribution in [3.05, 3.63) is 90.1 Å². The van der Waals surface area contributed by atoms with Gasteiger partial charge in [0.05, 0.1) is 43.6 Å². The number of hydrogen-bond donors (Lipinski definition) is 2. The van der Waals surface area contributed by atoms with Crippen molar-refractivity contribution in [2.45, 2.75) is 32.4 Å². The summed E-state index contributed by atoms with van der Waals surface area (Å²) in [4.78, 5) is 18.6. The molecular formula is C32H33N3O4. The van der Waals surface area contributed by atoms with Crippen LogP contribution in [0.3, 0.4) is 0 Å². The summed E-state index contributed by atoms with van der Waals surface area (Å²) in [6.07, 6.45) is 2.62. The van der Waals surface area contributed by atoms with Crippen LogP contribution in [0.25, 0.3) is 33.1 Å². The van der Waals surface area contributed by atoms with Crippen molar-refractivity contribution >= 4 is 27.7 Å². The molecule has 7 heteroatoms. The molecule has 3 aromatic carbocycles. The molecule has 0 saturated heterocycles. The SMILES string of the molecule is COc1cccc(-c2cc(C(=O)N[C@@H](CO)Cc3cn(C(C)C)c4ccccc34)c3cc(OC)ccc3n2)c1. The quantitative estimate of drug-likeness (QED) is 0.256. The van der Waals surface area contributed by atoms with Gasteiger partial charge in [0.25, 0.3) is 5.91 Å². The summed E-state index contributed by atoms with van der Waals surface area (Å²) in [5.41, 5.74) is 4.83. The van der Waals surface area contributed by atoms with Gasteiger partial charge < -0.3 is 24.5 Å². The number of para-hydroxylation sites is 1. The number of aliphatic hydroxyl groups excluding tert-OH is 1. The van der Waals surface area contributed by atoms with Crippen LogP contribution in [0, 0.1) is 0 Å². The van der Waals surface area contributed by atoms with Crippen LogP contribution < -0.4 is 14.8 Å². The smallest absolute Gasteiger partial charge is 0.252 e. The number of carbonyl (C=O) groups is 1. The average Bonchev–Trinajstić information content (AvgIpc) is 3.34. The summed E-state index contributed by atoms with van der Waals surface area (Å²) in [7, 11) is 3.21. The van der Waals surface area contributed by atoms with Crippen LogP contribution in [0.5, 0.6) is 11.5 Å². The second-order valence-corrected chi connectivity index (χ2v) is 9.90. The molecule has 2 N–H and O–H groups in total. The molecule has 1 atom stereocenters. The first-order valence-corrected chi connectivity index (χ1v) is 13.0. The maximum absolute atomic E-state index is 13.8. The molecule has 5 aromatic rings. The van der Waals surface area contributed by atoms with E-state index in [9.17, 15) is 9.90 Å². The average molecular weight is 524 g/mol. The maximum atomic E-state index is 13.8. The molecule has 2 heterocycles. The number of aliphatic hydroxyl groups is 1. The predicted molar refractivity (Wildman–Crippen MR) is 155 cm³/mol. The van der Waals surface area contributed by atoms with Gasteiger partial charge in [0.15, 0.2) is 0 Å². The van der Waals surface area contributed by atoms with E-state index in [1.807, 2.05) is 54.6 Å². The van der Waals surface area contributed by atoms with Crippen LogP contribution in [-0.2, 0) is 6.42 Å². The molecule has 0 aliphatic rings. The zero-order chi connectivity index (χ0) is 27.5. The summed E-state index contributed by atoms with van der Waals surface area (Å²) in [5.74, 6) is 1.05. The Morgan fingerprint density at radius 2 is 1.72 bits per heavy atom. The van der Waals surface area contributed by atoms with Crippen LogP contribution >= 0.6 is 0 Å². The highest BCUT2D eigenvalue weighted by Gasteiger charge is 2.21. The molecule has 5 rings (SSSR count). The number of rotatable bonds is 9. The van der Waals surface area contributed by atoms with Crippen LogP contribution in [0.2, 0.25) is 0 Å². The Labute approximate surface area is 228 Å². The lowest BCUT2D eigenvalue weighted by Gasteiger charge is -2.18. The van der Waals surface area contributed by atoms with Gasteiger partial charge in [-0.2, -0.15) is 0 Å². The van der Waals surface area contributed by atoms with Gasteiger partial charge in [-0.3, -0.25) is 4.79 Å². The standard InChI is InChI=1S/C32H33N3O4/c1-20(2)35-18-22(26-10-5-6-11-31(26)35)14-23(19-36)33-32(37)28-17-30(21-8-7-9-24(15-21)38-3)34-29-13-12-25(39-4)16-27(28)29/h5-13,15-18,20,23,36H,14,19H2,1-4H3,(H,33,37)/t23-/m1/s1. The van der Waals surface area contributed by atoms with E-state index >= 15 is 0 Å². The zero-order valence-corrected chi connectivity index (χ0v) is 22.6. The Bertz CT molecular complexity index is 1640. The monoisotopic (exact) mass is 523 g/mol. The molecule has 0 radical (unpaired) electrons. The Balaban J connectivity index is 1.51. The third-order valence-corrected chi connectivity index (χ3v) is 7.03. The van der Waals surface area contributed by atoms with Gasteiger partial charge in [0.1, 0.15) is 11.5 Å². The molecule has 39 heavy (non-hydrogen) atoms. The topological polar surface area (TPSA) is 85.6 Å². The van der Waals surface area contributed by atoms with Gasteiger partial charge in [-0.15, -0.1) is 0 Å². The summed E-state index contributed by atoms with van der Waals surface area (Å²) >= 11 is 0. The van der Waals surface area contributed by atoms with Gasteiger partial charge in [0.2, 0.25) is 0 Å². The number of ether oxygens (including phenoxy) is 2. The van der Waals surface area contributed by atoms with Gasteiger partial charge in [0, 0.05) is 34.1 Å². The number of pyridine rings is 1. The Hall–Kier alpha value is -4.36. The summed E-state index contributed by atoms with van der Waals surface area (Å²) in [6, 6.07) is 22.9. The number of benzene rings is 3. The minimum absolute atomic E-state index is 0.192. The number of aromatic nitrogens is 2. The molecule has 0 unspecified atom stereocenters. The fourth-order valence-electron chi connectivity index (χ4n) is 5.01. The fraction of sp³-hybridized carbons (Fsp3) is 0.250. The third kappa shape index (κ3) is 5.31. The highest BCUT2D eigenvalue weighted by atomic mass is 16.5. The number of fused-ring (bicyclic) bond motifs is 2. The van der Waals surface area contributed by atoms with Crippen molar-refractivity contribution in [1.29, 1.82) is 0 Å². The van der Waals surface area contributed by atoms with E-state index in [0.29, 0.717) is 46.1 Å². The van der Waals surface area contributed by atoms with Crippen molar-refractivity contribution in [3.8, 4) is 22.8 Å². The number of methoxy groups -OCH3 is 2. The summed E-state index contributed by atoms with van der Waals surface area (Å²) in [5, 5.41) is 15.2. The van der Waals surface area contributed by atoms with Gasteiger partial charge >= 0.3 is 0 Å². The van der Waals surface area contributed by atoms with Crippen LogP contribution in [-0.4, -0.2) is 47.4 Å². The first-order chi connectivity index (χ1) is 18.9. The zero-order valence-electron chi connectivity index (χ0n) is 22.6. The van der Waals surface area contributed by atoms with E-state index in [0.717, 1.165) is 22.0 Å². The van der Waals surface area contributed by atoms with E-state index < -0.39 is 6.04 Å². The lowest BCUT2D eigenvalue weighted by atomic mass is 10.0. The highest BCUT2D eigenvalue weighted by molar-refractivity contribution is 6.07. The molecule has 1 amide bonds. The molecule has 0 aliphatic heterocycles. The molecule has 0 aliphatic carbocycles. The largest absolute Gasteiger partial charge is 0.497 e. The molecule has 200 valence electrons. The summed E-state index contributed by atoms with van der Waals surface area (Å²) < 4.78 is 13.0. The normalized spacial score (nSPS) is 12.2. The maximum Gasteiger partial charge on any atom is 0.252 e. The number of hydrogen-bond acceptors (Lipinski definition) is 5. The van der Waals surface area contributed by atoms with Crippen molar-refractivity contribution in [2.24, 2.45) is 0 Å². The number of nitrogens with one attached hydrogen (secondary N) is 1. The first-order valence-electron chi connectivity index (χ1n) is 13.0. The van der Waals surface area contributed by atoms with E-state index in [-0.39, 0.29) is 12.5 Å². The van der Waals surface area contributed by atoms with Crippen molar-refractivity contribution in [2.75, 3.05) is 20.8 Å². The second kappa shape index (κ2) is 11.2. The molecule has 7 nitrogen and oxygen atoms in total. The van der Waals surface area contributed by atoms with Crippen LogP contribution in [0.1, 0.15) is 35.8 Å². The number of nitrogens with zero attached hydrogens (tertiary/aromatic N) is 2. The Morgan fingerprint density at radius 3 is 2.46 bits per heavy atom. The molecular weight excluding hydrogens is 490 g/mol.